The predicted molar refractivity (Wildman–Crippen MR) is 79.8 cm³/mol. The van der Waals surface area contributed by atoms with Gasteiger partial charge in [-0.15, -0.1) is 0 Å². The molecule has 2 aliphatic rings. The fourth-order valence-corrected chi connectivity index (χ4v) is 3.76. The van der Waals surface area contributed by atoms with Gasteiger partial charge in [0.2, 0.25) is 0 Å². The molecule has 0 aromatic rings. The second kappa shape index (κ2) is 6.81. The van der Waals surface area contributed by atoms with Gasteiger partial charge in [-0.05, 0) is 53.2 Å². The number of hydrogen-bond acceptors (Lipinski definition) is 4. The van der Waals surface area contributed by atoms with Crippen LogP contribution in [0.15, 0.2) is 0 Å². The van der Waals surface area contributed by atoms with Crippen LogP contribution in [0.4, 0.5) is 0 Å². The molecule has 2 heterocycles. The van der Waals surface area contributed by atoms with Crippen LogP contribution >= 0.6 is 0 Å². The highest BCUT2D eigenvalue weighted by atomic mass is 16.1. The first-order valence-corrected chi connectivity index (χ1v) is 7.90. The molecular weight excluding hydrogens is 252 g/mol. The van der Waals surface area contributed by atoms with Crippen molar-refractivity contribution in [3.05, 3.63) is 0 Å². The van der Waals surface area contributed by atoms with E-state index in [1.54, 1.807) is 6.92 Å². The van der Waals surface area contributed by atoms with Gasteiger partial charge in [0, 0.05) is 37.4 Å². The minimum atomic E-state index is 0.251. The van der Waals surface area contributed by atoms with E-state index < -0.39 is 0 Å². The lowest BCUT2D eigenvalue weighted by Crippen LogP contribution is -2.35. The molecule has 4 heteroatoms. The number of hydrogen-bond donors (Lipinski definition) is 0. The van der Waals surface area contributed by atoms with Gasteiger partial charge in [0.15, 0.2) is 0 Å². The summed E-state index contributed by atoms with van der Waals surface area (Å²) in [6, 6.07) is 1.15. The molecule has 0 bridgehead atoms. The molecule has 0 radical (unpaired) electrons. The molecule has 0 aliphatic carbocycles. The summed E-state index contributed by atoms with van der Waals surface area (Å²) in [5, 5.41) is 0. The molecule has 4 nitrogen and oxygen atoms in total. The summed E-state index contributed by atoms with van der Waals surface area (Å²) in [7, 11) is 4.19. The largest absolute Gasteiger partial charge is 0.303 e. The second-order valence-corrected chi connectivity index (χ2v) is 6.68. The minimum Gasteiger partial charge on any atom is -0.303 e. The molecule has 3 atom stereocenters. The van der Waals surface area contributed by atoms with E-state index in [1.165, 1.54) is 6.42 Å². The summed E-state index contributed by atoms with van der Waals surface area (Å²) in [5.74, 6) is 0.644. The van der Waals surface area contributed by atoms with Crippen LogP contribution in [-0.4, -0.2) is 60.1 Å². The van der Waals surface area contributed by atoms with Crippen LogP contribution in [0.25, 0.3) is 0 Å². The maximum Gasteiger partial charge on any atom is 0.136 e. The van der Waals surface area contributed by atoms with Crippen molar-refractivity contribution >= 4 is 11.6 Å². The van der Waals surface area contributed by atoms with Gasteiger partial charge in [-0.2, -0.15) is 0 Å². The van der Waals surface area contributed by atoms with E-state index in [0.717, 1.165) is 25.8 Å². The average molecular weight is 280 g/mol. The summed E-state index contributed by atoms with van der Waals surface area (Å²) in [6.07, 6.45) is 6.49. The summed E-state index contributed by atoms with van der Waals surface area (Å²) in [4.78, 5) is 28.1. The number of carbonyl (C=O) groups excluding carboxylic acids is 2. The van der Waals surface area contributed by atoms with Crippen LogP contribution in [0, 0.1) is 0 Å². The third kappa shape index (κ3) is 3.89. The van der Waals surface area contributed by atoms with Crippen molar-refractivity contribution in [2.24, 2.45) is 0 Å². The van der Waals surface area contributed by atoms with E-state index >= 15 is 0 Å². The molecule has 0 aromatic carbocycles. The number of ketones is 2. The Morgan fingerprint density at radius 2 is 1.55 bits per heavy atom. The fourth-order valence-electron chi connectivity index (χ4n) is 3.76. The van der Waals surface area contributed by atoms with E-state index in [-0.39, 0.29) is 5.78 Å². The molecule has 0 amide bonds. The zero-order valence-corrected chi connectivity index (χ0v) is 13.1. The lowest BCUT2D eigenvalue weighted by molar-refractivity contribution is -0.121. The van der Waals surface area contributed by atoms with Crippen LogP contribution in [0.2, 0.25) is 0 Å². The maximum atomic E-state index is 12.3. The van der Waals surface area contributed by atoms with E-state index in [4.69, 9.17) is 0 Å². The maximum absolute atomic E-state index is 12.3. The highest BCUT2D eigenvalue weighted by molar-refractivity contribution is 5.80. The predicted octanol–water partition coefficient (Wildman–Crippen LogP) is 1.87. The zero-order valence-electron chi connectivity index (χ0n) is 13.1. The van der Waals surface area contributed by atoms with Crippen molar-refractivity contribution in [2.75, 3.05) is 20.6 Å². The van der Waals surface area contributed by atoms with E-state index in [1.807, 2.05) is 0 Å². The quantitative estimate of drug-likeness (QED) is 0.745. The zero-order chi connectivity index (χ0) is 14.7. The minimum absolute atomic E-state index is 0.251. The van der Waals surface area contributed by atoms with Gasteiger partial charge in [-0.1, -0.05) is 0 Å². The van der Waals surface area contributed by atoms with Crippen LogP contribution in [-0.2, 0) is 9.59 Å². The topological polar surface area (TPSA) is 40.6 Å². The number of nitrogens with zero attached hydrogens (tertiary/aromatic N) is 2. The highest BCUT2D eigenvalue weighted by Gasteiger charge is 2.33. The molecule has 0 spiro atoms. The summed E-state index contributed by atoms with van der Waals surface area (Å²) in [6.45, 7) is 2.78. The molecule has 0 saturated carbocycles. The Balaban J connectivity index is 1.78. The van der Waals surface area contributed by atoms with Crippen molar-refractivity contribution < 1.29 is 9.59 Å². The summed E-state index contributed by atoms with van der Waals surface area (Å²) in [5.41, 5.74) is 0. The van der Waals surface area contributed by atoms with Gasteiger partial charge >= 0.3 is 0 Å². The molecule has 0 aromatic heterocycles. The first-order valence-electron chi connectivity index (χ1n) is 7.90. The van der Waals surface area contributed by atoms with Gasteiger partial charge < -0.3 is 4.90 Å². The summed E-state index contributed by atoms with van der Waals surface area (Å²) >= 11 is 0. The van der Waals surface area contributed by atoms with Crippen molar-refractivity contribution in [1.82, 2.24) is 9.80 Å². The van der Waals surface area contributed by atoms with Crippen molar-refractivity contribution in [2.45, 2.75) is 70.0 Å². The standard InChI is InChI=1S/C16H28N2O2/c1-12(19)9-14-6-7-15(18(14)3)11-16(20)10-13-5-4-8-17(13)2/h13-15H,4-11H2,1-3H3. The third-order valence-corrected chi connectivity index (χ3v) is 5.11. The second-order valence-electron chi connectivity index (χ2n) is 6.68. The molecule has 2 saturated heterocycles. The van der Waals surface area contributed by atoms with Crippen molar-refractivity contribution in [3.8, 4) is 0 Å². The average Bonchev–Trinajstić information content (AvgIpc) is 2.90. The van der Waals surface area contributed by atoms with Crippen LogP contribution in [0.5, 0.6) is 0 Å². The number of carbonyl (C=O) groups is 2. The SMILES string of the molecule is CC(=O)CC1CCC(CC(=O)CC2CCCN2C)N1C. The Labute approximate surface area is 122 Å². The highest BCUT2D eigenvalue weighted by Crippen LogP contribution is 2.28. The molecule has 20 heavy (non-hydrogen) atoms. The van der Waals surface area contributed by atoms with E-state index in [9.17, 15) is 9.59 Å². The normalized spacial score (nSPS) is 31.9. The van der Waals surface area contributed by atoms with Crippen molar-refractivity contribution in [3.63, 3.8) is 0 Å². The Morgan fingerprint density at radius 1 is 0.950 bits per heavy atom. The van der Waals surface area contributed by atoms with Gasteiger partial charge in [-0.25, -0.2) is 0 Å². The first-order chi connectivity index (χ1) is 9.47. The number of rotatable bonds is 6. The van der Waals surface area contributed by atoms with E-state index in [2.05, 4.69) is 23.9 Å². The molecule has 2 rings (SSSR count). The Hall–Kier alpha value is -0.740. The lowest BCUT2D eigenvalue weighted by atomic mass is 10.0. The number of Topliss-reactive ketones (excluding diaryl/α,β-unsaturated/α-hetero) is 2. The Kier molecular flexibility index (Phi) is 5.33. The smallest absolute Gasteiger partial charge is 0.136 e. The van der Waals surface area contributed by atoms with Gasteiger partial charge in [0.1, 0.15) is 11.6 Å². The number of likely N-dealkylation sites (tertiary alicyclic amines) is 2. The van der Waals surface area contributed by atoms with Gasteiger partial charge in [0.05, 0.1) is 0 Å². The molecule has 2 aliphatic heterocycles. The van der Waals surface area contributed by atoms with E-state index in [0.29, 0.717) is 43.2 Å². The van der Waals surface area contributed by atoms with Gasteiger partial charge in [-0.3, -0.25) is 14.5 Å². The van der Waals surface area contributed by atoms with Crippen LogP contribution < -0.4 is 0 Å². The molecule has 2 fully saturated rings. The monoisotopic (exact) mass is 280 g/mol. The van der Waals surface area contributed by atoms with Crippen LogP contribution in [0.3, 0.4) is 0 Å². The Bertz CT molecular complexity index is 369. The lowest BCUT2D eigenvalue weighted by Gasteiger charge is -2.25. The fraction of sp³-hybridized carbons (Fsp3) is 0.875. The summed E-state index contributed by atoms with van der Waals surface area (Å²) < 4.78 is 0. The molecule has 114 valence electrons. The van der Waals surface area contributed by atoms with Crippen LogP contribution in [0.1, 0.15) is 51.9 Å². The van der Waals surface area contributed by atoms with Gasteiger partial charge in [0.25, 0.3) is 0 Å². The molecule has 0 N–H and O–H groups in total. The Morgan fingerprint density at radius 3 is 2.10 bits per heavy atom. The van der Waals surface area contributed by atoms with Crippen molar-refractivity contribution in [1.29, 1.82) is 0 Å². The third-order valence-electron chi connectivity index (χ3n) is 5.11. The molecular formula is C16H28N2O2. The molecule has 3 unspecified atom stereocenters. The first kappa shape index (κ1) is 15.6.